The molecule has 24 heavy (non-hydrogen) atoms. The smallest absolute Gasteiger partial charge is 0.259 e. The first kappa shape index (κ1) is 18.0. The molecule has 2 amide bonds. The molecule has 5 nitrogen and oxygen atoms in total. The Morgan fingerprint density at radius 1 is 1.08 bits per heavy atom. The van der Waals surface area contributed by atoms with Crippen molar-refractivity contribution in [2.75, 3.05) is 18.5 Å². The first-order valence-electron chi connectivity index (χ1n) is 7.67. The van der Waals surface area contributed by atoms with Gasteiger partial charge in [-0.3, -0.25) is 9.59 Å². The van der Waals surface area contributed by atoms with Crippen molar-refractivity contribution >= 4 is 33.4 Å². The number of anilines is 1. The van der Waals surface area contributed by atoms with Gasteiger partial charge in [-0.2, -0.15) is 0 Å². The highest BCUT2D eigenvalue weighted by Crippen LogP contribution is 2.24. The van der Waals surface area contributed by atoms with Crippen molar-refractivity contribution in [3.63, 3.8) is 0 Å². The highest BCUT2D eigenvalue weighted by Gasteiger charge is 2.14. The van der Waals surface area contributed by atoms with Crippen LogP contribution >= 0.6 is 15.9 Å². The van der Waals surface area contributed by atoms with Crippen LogP contribution in [-0.2, 0) is 0 Å². The summed E-state index contributed by atoms with van der Waals surface area (Å²) < 4.78 is 6.28. The minimum Gasteiger partial charge on any atom is -0.493 e. The van der Waals surface area contributed by atoms with Gasteiger partial charge in [-0.1, -0.05) is 22.0 Å². The summed E-state index contributed by atoms with van der Waals surface area (Å²) >= 11 is 3.36. The Morgan fingerprint density at radius 2 is 1.88 bits per heavy atom. The molecule has 0 aliphatic rings. The maximum atomic E-state index is 12.6. The van der Waals surface area contributed by atoms with Crippen LogP contribution in [0.3, 0.4) is 0 Å². The molecule has 0 heterocycles. The van der Waals surface area contributed by atoms with Gasteiger partial charge in [0.2, 0.25) is 0 Å². The highest BCUT2D eigenvalue weighted by atomic mass is 79.9. The minimum atomic E-state index is -0.298. The van der Waals surface area contributed by atoms with E-state index in [2.05, 4.69) is 26.6 Å². The molecule has 0 aliphatic heterocycles. The molecule has 0 aromatic heterocycles. The number of hydrogen-bond acceptors (Lipinski definition) is 3. The summed E-state index contributed by atoms with van der Waals surface area (Å²) in [5.74, 6) is 0.0388. The number of rotatable bonds is 6. The number of nitrogens with one attached hydrogen (secondary N) is 2. The standard InChI is InChI=1S/C18H19BrN2O3/c1-3-20-17(22)12-6-5-7-14(10-12)21-18(23)15-11-13(19)8-9-16(15)24-4-2/h5-11H,3-4H2,1-2H3,(H,20,22)(H,21,23). The number of hydrogen-bond donors (Lipinski definition) is 2. The molecule has 0 fully saturated rings. The van der Waals surface area contributed by atoms with Gasteiger partial charge in [0.25, 0.3) is 11.8 Å². The summed E-state index contributed by atoms with van der Waals surface area (Å²) in [7, 11) is 0. The lowest BCUT2D eigenvalue weighted by Gasteiger charge is -2.12. The zero-order chi connectivity index (χ0) is 17.5. The SMILES string of the molecule is CCNC(=O)c1cccc(NC(=O)c2cc(Br)ccc2OCC)c1. The van der Waals surface area contributed by atoms with Crippen molar-refractivity contribution in [3.8, 4) is 5.75 Å². The fourth-order valence-corrected chi connectivity index (χ4v) is 2.52. The van der Waals surface area contributed by atoms with Gasteiger partial charge in [-0.15, -0.1) is 0 Å². The van der Waals surface area contributed by atoms with Crippen molar-refractivity contribution in [2.45, 2.75) is 13.8 Å². The monoisotopic (exact) mass is 390 g/mol. The van der Waals surface area contributed by atoms with Gasteiger partial charge in [0.15, 0.2) is 0 Å². The van der Waals surface area contributed by atoms with E-state index >= 15 is 0 Å². The molecule has 126 valence electrons. The third-order valence-corrected chi connectivity index (χ3v) is 3.70. The van der Waals surface area contributed by atoms with Crippen LogP contribution < -0.4 is 15.4 Å². The molecule has 2 aromatic rings. The Bertz CT molecular complexity index is 747. The summed E-state index contributed by atoms with van der Waals surface area (Å²) in [4.78, 5) is 24.4. The third kappa shape index (κ3) is 4.58. The predicted octanol–water partition coefficient (Wildman–Crippen LogP) is 3.85. The normalized spacial score (nSPS) is 10.1. The van der Waals surface area contributed by atoms with Gasteiger partial charge in [0.05, 0.1) is 12.2 Å². The topological polar surface area (TPSA) is 67.4 Å². The van der Waals surface area contributed by atoms with Crippen LogP contribution in [0.4, 0.5) is 5.69 Å². The second kappa shape index (κ2) is 8.49. The quantitative estimate of drug-likeness (QED) is 0.786. The Labute approximate surface area is 149 Å². The Kier molecular flexibility index (Phi) is 6.37. The number of ether oxygens (including phenoxy) is 1. The maximum Gasteiger partial charge on any atom is 0.259 e. The summed E-state index contributed by atoms with van der Waals surface area (Å²) in [5.41, 5.74) is 1.47. The molecule has 0 spiro atoms. The van der Waals surface area contributed by atoms with Crippen molar-refractivity contribution in [1.82, 2.24) is 5.32 Å². The van der Waals surface area contributed by atoms with E-state index in [1.165, 1.54) is 0 Å². The van der Waals surface area contributed by atoms with Crippen LogP contribution in [-0.4, -0.2) is 25.0 Å². The van der Waals surface area contributed by atoms with Crippen LogP contribution in [0.1, 0.15) is 34.6 Å². The third-order valence-electron chi connectivity index (χ3n) is 3.21. The second-order valence-electron chi connectivity index (χ2n) is 4.97. The summed E-state index contributed by atoms with van der Waals surface area (Å²) in [5, 5.41) is 5.53. The number of amides is 2. The van der Waals surface area contributed by atoms with Crippen LogP contribution in [0.25, 0.3) is 0 Å². The Morgan fingerprint density at radius 3 is 2.58 bits per heavy atom. The largest absolute Gasteiger partial charge is 0.493 e. The molecule has 0 radical (unpaired) electrons. The lowest BCUT2D eigenvalue weighted by Crippen LogP contribution is -2.22. The molecule has 0 atom stereocenters. The first-order chi connectivity index (χ1) is 11.5. The van der Waals surface area contributed by atoms with Gasteiger partial charge in [-0.25, -0.2) is 0 Å². The first-order valence-corrected chi connectivity index (χ1v) is 8.46. The molecule has 2 rings (SSSR count). The zero-order valence-corrected chi connectivity index (χ0v) is 15.1. The van der Waals surface area contributed by atoms with Crippen molar-refractivity contribution in [1.29, 1.82) is 0 Å². The molecule has 6 heteroatoms. The molecular formula is C18H19BrN2O3. The minimum absolute atomic E-state index is 0.175. The van der Waals surface area contributed by atoms with Crippen LogP contribution in [0.2, 0.25) is 0 Å². The molecule has 0 aliphatic carbocycles. The summed E-state index contributed by atoms with van der Waals surface area (Å²) in [6.07, 6.45) is 0. The zero-order valence-electron chi connectivity index (χ0n) is 13.6. The van der Waals surface area contributed by atoms with E-state index in [0.717, 1.165) is 4.47 Å². The van der Waals surface area contributed by atoms with Gasteiger partial charge in [-0.05, 0) is 50.2 Å². The van der Waals surface area contributed by atoms with Gasteiger partial charge < -0.3 is 15.4 Å². The number of carbonyl (C=O) groups is 2. The summed E-state index contributed by atoms with van der Waals surface area (Å²) in [6, 6.07) is 12.1. The Hall–Kier alpha value is -2.34. The lowest BCUT2D eigenvalue weighted by atomic mass is 10.1. The number of halogens is 1. The van der Waals surface area contributed by atoms with Crippen LogP contribution in [0, 0.1) is 0 Å². The van der Waals surface area contributed by atoms with Gasteiger partial charge in [0, 0.05) is 22.3 Å². The van der Waals surface area contributed by atoms with Crippen LogP contribution in [0.15, 0.2) is 46.9 Å². The molecular weight excluding hydrogens is 372 g/mol. The lowest BCUT2D eigenvalue weighted by molar-refractivity contribution is 0.0954. The molecule has 0 saturated carbocycles. The predicted molar refractivity (Wildman–Crippen MR) is 97.7 cm³/mol. The average molecular weight is 391 g/mol. The van der Waals surface area contributed by atoms with Gasteiger partial charge >= 0.3 is 0 Å². The van der Waals surface area contributed by atoms with E-state index in [1.807, 2.05) is 19.9 Å². The van der Waals surface area contributed by atoms with Crippen molar-refractivity contribution < 1.29 is 14.3 Å². The molecule has 0 unspecified atom stereocenters. The highest BCUT2D eigenvalue weighted by molar-refractivity contribution is 9.10. The number of carbonyl (C=O) groups excluding carboxylic acids is 2. The van der Waals surface area contributed by atoms with Gasteiger partial charge in [0.1, 0.15) is 5.75 Å². The molecule has 0 bridgehead atoms. The summed E-state index contributed by atoms with van der Waals surface area (Å²) in [6.45, 7) is 4.73. The maximum absolute atomic E-state index is 12.6. The molecule has 2 aromatic carbocycles. The molecule has 2 N–H and O–H groups in total. The average Bonchev–Trinajstić information content (AvgIpc) is 2.57. The van der Waals surface area contributed by atoms with E-state index in [1.54, 1.807) is 36.4 Å². The van der Waals surface area contributed by atoms with E-state index in [9.17, 15) is 9.59 Å². The van der Waals surface area contributed by atoms with E-state index < -0.39 is 0 Å². The fraction of sp³-hybridized carbons (Fsp3) is 0.222. The Balaban J connectivity index is 2.22. The second-order valence-corrected chi connectivity index (χ2v) is 5.88. The fourth-order valence-electron chi connectivity index (χ4n) is 2.16. The van der Waals surface area contributed by atoms with Crippen molar-refractivity contribution in [3.05, 3.63) is 58.1 Å². The molecule has 0 saturated heterocycles. The van der Waals surface area contributed by atoms with Crippen LogP contribution in [0.5, 0.6) is 5.75 Å². The van der Waals surface area contributed by atoms with Crippen molar-refractivity contribution in [2.24, 2.45) is 0 Å². The van der Waals surface area contributed by atoms with E-state index in [-0.39, 0.29) is 11.8 Å². The van der Waals surface area contributed by atoms with E-state index in [4.69, 9.17) is 4.74 Å². The van der Waals surface area contributed by atoms with E-state index in [0.29, 0.717) is 35.7 Å². The number of benzene rings is 2.